The maximum Gasteiger partial charge on any atom is 0.237 e. The van der Waals surface area contributed by atoms with E-state index in [4.69, 9.17) is 0 Å². The third-order valence-corrected chi connectivity index (χ3v) is 4.50. The Morgan fingerprint density at radius 2 is 1.95 bits per heavy atom. The van der Waals surface area contributed by atoms with Gasteiger partial charge in [-0.05, 0) is 57.7 Å². The highest BCUT2D eigenvalue weighted by molar-refractivity contribution is 5.85. The highest BCUT2D eigenvalue weighted by Gasteiger charge is 2.27. The van der Waals surface area contributed by atoms with Crippen LogP contribution in [0.1, 0.15) is 39.0 Å². The van der Waals surface area contributed by atoms with Gasteiger partial charge in [0.1, 0.15) is 0 Å². The van der Waals surface area contributed by atoms with Crippen LogP contribution >= 0.6 is 24.8 Å². The van der Waals surface area contributed by atoms with Crippen molar-refractivity contribution in [1.29, 1.82) is 0 Å². The Hall–Kier alpha value is -0.0700. The van der Waals surface area contributed by atoms with E-state index in [1.807, 2.05) is 0 Å². The summed E-state index contributed by atoms with van der Waals surface area (Å²) in [5.74, 6) is 0.924. The van der Waals surface area contributed by atoms with E-state index in [9.17, 15) is 9.90 Å². The lowest BCUT2D eigenvalue weighted by atomic mass is 9.99. The maximum atomic E-state index is 11.8. The summed E-state index contributed by atoms with van der Waals surface area (Å²) in [6.45, 7) is 7.24. The zero-order valence-corrected chi connectivity index (χ0v) is 15.1. The smallest absolute Gasteiger partial charge is 0.237 e. The number of carbonyl (C=O) groups excluding carboxylic acids is 1. The first-order valence-electron chi connectivity index (χ1n) is 8.06. The molecule has 2 aliphatic rings. The molecule has 0 aliphatic carbocycles. The SMILES string of the molecule is CC1CCN(CCCCNC(=O)C2CC(O)CN2)CC1.Cl.Cl. The van der Waals surface area contributed by atoms with Crippen LogP contribution in [0.25, 0.3) is 0 Å². The molecule has 2 fully saturated rings. The maximum absolute atomic E-state index is 11.8. The average molecular weight is 356 g/mol. The van der Waals surface area contributed by atoms with E-state index < -0.39 is 0 Å². The Kier molecular flexibility index (Phi) is 11.4. The van der Waals surface area contributed by atoms with Gasteiger partial charge in [0.2, 0.25) is 5.91 Å². The zero-order chi connectivity index (χ0) is 14.4. The van der Waals surface area contributed by atoms with Crippen molar-refractivity contribution in [3.63, 3.8) is 0 Å². The topological polar surface area (TPSA) is 64.6 Å². The normalized spacial score (nSPS) is 26.1. The van der Waals surface area contributed by atoms with E-state index in [-0.39, 0.29) is 42.9 Å². The first-order valence-corrected chi connectivity index (χ1v) is 8.06. The van der Waals surface area contributed by atoms with Crippen LogP contribution in [0.4, 0.5) is 0 Å². The minimum Gasteiger partial charge on any atom is -0.392 e. The third-order valence-electron chi connectivity index (χ3n) is 4.50. The number of hydrogen-bond donors (Lipinski definition) is 3. The van der Waals surface area contributed by atoms with Crippen LogP contribution in [0, 0.1) is 5.92 Å². The van der Waals surface area contributed by atoms with Crippen molar-refractivity contribution in [2.24, 2.45) is 5.92 Å². The van der Waals surface area contributed by atoms with Crippen LogP contribution in [0.3, 0.4) is 0 Å². The van der Waals surface area contributed by atoms with Gasteiger partial charge >= 0.3 is 0 Å². The number of aliphatic hydroxyl groups excluding tert-OH is 1. The van der Waals surface area contributed by atoms with E-state index in [2.05, 4.69) is 22.5 Å². The predicted octanol–water partition coefficient (Wildman–Crippen LogP) is 1.18. The van der Waals surface area contributed by atoms with Crippen molar-refractivity contribution in [3.8, 4) is 0 Å². The molecule has 0 bridgehead atoms. The molecule has 2 atom stereocenters. The van der Waals surface area contributed by atoms with E-state index in [1.165, 1.54) is 25.9 Å². The van der Waals surface area contributed by atoms with Gasteiger partial charge in [-0.3, -0.25) is 4.79 Å². The van der Waals surface area contributed by atoms with Crippen LogP contribution in [0.15, 0.2) is 0 Å². The van der Waals surface area contributed by atoms with Gasteiger partial charge in [0.15, 0.2) is 0 Å². The quantitative estimate of drug-likeness (QED) is 0.626. The van der Waals surface area contributed by atoms with Crippen molar-refractivity contribution in [1.82, 2.24) is 15.5 Å². The Balaban J connectivity index is 0.00000220. The first-order chi connectivity index (χ1) is 9.65. The van der Waals surface area contributed by atoms with Crippen molar-refractivity contribution in [3.05, 3.63) is 0 Å². The summed E-state index contributed by atoms with van der Waals surface area (Å²) in [5.41, 5.74) is 0. The number of halogens is 2. The third kappa shape index (κ3) is 7.47. The summed E-state index contributed by atoms with van der Waals surface area (Å²) >= 11 is 0. The fourth-order valence-electron chi connectivity index (χ4n) is 3.00. The predicted molar refractivity (Wildman–Crippen MR) is 94.0 cm³/mol. The number of amides is 1. The number of unbranched alkanes of at least 4 members (excludes halogenated alkanes) is 1. The zero-order valence-electron chi connectivity index (χ0n) is 13.4. The summed E-state index contributed by atoms with van der Waals surface area (Å²) in [6, 6.07) is -0.200. The van der Waals surface area contributed by atoms with Gasteiger partial charge in [0.25, 0.3) is 0 Å². The lowest BCUT2D eigenvalue weighted by Crippen LogP contribution is -2.41. The molecule has 2 unspecified atom stereocenters. The van der Waals surface area contributed by atoms with Crippen molar-refractivity contribution in [2.75, 3.05) is 32.7 Å². The molecule has 0 aromatic carbocycles. The van der Waals surface area contributed by atoms with Gasteiger partial charge in [-0.1, -0.05) is 6.92 Å². The number of β-amino-alcohol motifs (C(OH)–C–C–N with tert-alkyl or cyclic N) is 1. The molecule has 5 nitrogen and oxygen atoms in total. The van der Waals surface area contributed by atoms with Crippen molar-refractivity contribution < 1.29 is 9.90 Å². The molecule has 0 aromatic rings. The van der Waals surface area contributed by atoms with Gasteiger partial charge < -0.3 is 20.6 Å². The molecular weight excluding hydrogens is 325 g/mol. The lowest BCUT2D eigenvalue weighted by molar-refractivity contribution is -0.122. The molecule has 132 valence electrons. The van der Waals surface area contributed by atoms with Crippen LogP contribution in [0.5, 0.6) is 0 Å². The Bertz CT molecular complexity index is 313. The summed E-state index contributed by atoms with van der Waals surface area (Å²) in [7, 11) is 0. The average Bonchev–Trinajstić information content (AvgIpc) is 2.87. The van der Waals surface area contributed by atoms with E-state index >= 15 is 0 Å². The van der Waals surface area contributed by atoms with E-state index in [0.29, 0.717) is 13.0 Å². The standard InChI is InChI=1S/C15H29N3O2.2ClH/c1-12-4-8-18(9-5-12)7-3-2-6-16-15(20)14-10-13(19)11-17-14;;/h12-14,17,19H,2-11H2,1H3,(H,16,20);2*1H. The molecule has 3 N–H and O–H groups in total. The second-order valence-corrected chi connectivity index (χ2v) is 6.37. The molecule has 2 heterocycles. The molecule has 2 rings (SSSR count). The molecule has 7 heteroatoms. The highest BCUT2D eigenvalue weighted by Crippen LogP contribution is 2.16. The van der Waals surface area contributed by atoms with E-state index in [0.717, 1.165) is 31.8 Å². The van der Waals surface area contributed by atoms with Crippen molar-refractivity contribution >= 4 is 30.7 Å². The number of aliphatic hydroxyl groups is 1. The molecule has 1 amide bonds. The fourth-order valence-corrected chi connectivity index (χ4v) is 3.00. The van der Waals surface area contributed by atoms with Crippen molar-refractivity contribution in [2.45, 2.75) is 51.2 Å². The van der Waals surface area contributed by atoms with Gasteiger partial charge in [0, 0.05) is 13.1 Å². The second-order valence-electron chi connectivity index (χ2n) is 6.37. The first kappa shape index (κ1) is 21.9. The Labute approximate surface area is 146 Å². The monoisotopic (exact) mass is 355 g/mol. The molecule has 0 spiro atoms. The summed E-state index contributed by atoms with van der Waals surface area (Å²) in [6.07, 6.45) is 5.01. The van der Waals surface area contributed by atoms with Gasteiger partial charge in [-0.15, -0.1) is 24.8 Å². The number of rotatable bonds is 6. The summed E-state index contributed by atoms with van der Waals surface area (Å²) < 4.78 is 0. The number of nitrogens with one attached hydrogen (secondary N) is 2. The molecular formula is C15H31Cl2N3O2. The van der Waals surface area contributed by atoms with Gasteiger partial charge in [-0.25, -0.2) is 0 Å². The fraction of sp³-hybridized carbons (Fsp3) is 0.933. The van der Waals surface area contributed by atoms with E-state index in [1.54, 1.807) is 0 Å². The number of nitrogens with zero attached hydrogens (tertiary/aromatic N) is 1. The number of carbonyl (C=O) groups is 1. The van der Waals surface area contributed by atoms with Crippen LogP contribution < -0.4 is 10.6 Å². The molecule has 2 aliphatic heterocycles. The number of hydrogen-bond acceptors (Lipinski definition) is 4. The molecule has 0 saturated carbocycles. The lowest BCUT2D eigenvalue weighted by Gasteiger charge is -2.30. The minimum atomic E-state index is -0.368. The molecule has 0 radical (unpaired) electrons. The molecule has 2 saturated heterocycles. The number of piperidine rings is 1. The van der Waals surface area contributed by atoms with Crippen LogP contribution in [0.2, 0.25) is 0 Å². The summed E-state index contributed by atoms with van der Waals surface area (Å²) in [4.78, 5) is 14.3. The summed E-state index contributed by atoms with van der Waals surface area (Å²) in [5, 5.41) is 15.4. The second kappa shape index (κ2) is 11.5. The highest BCUT2D eigenvalue weighted by atomic mass is 35.5. The molecule has 22 heavy (non-hydrogen) atoms. The van der Waals surface area contributed by atoms with Gasteiger partial charge in [-0.2, -0.15) is 0 Å². The Morgan fingerprint density at radius 3 is 2.55 bits per heavy atom. The van der Waals surface area contributed by atoms with Crippen LogP contribution in [-0.2, 0) is 4.79 Å². The largest absolute Gasteiger partial charge is 0.392 e. The number of likely N-dealkylation sites (tertiary alicyclic amines) is 1. The van der Waals surface area contributed by atoms with Gasteiger partial charge in [0.05, 0.1) is 12.1 Å². The minimum absolute atomic E-state index is 0. The molecule has 0 aromatic heterocycles. The van der Waals surface area contributed by atoms with Crippen LogP contribution in [-0.4, -0.2) is 60.8 Å². The Morgan fingerprint density at radius 1 is 1.27 bits per heavy atom.